The normalized spacial score (nSPS) is 13.8. The Bertz CT molecular complexity index is 3050. The lowest BCUT2D eigenvalue weighted by Gasteiger charge is -2.13. The largest absolute Gasteiger partial charge is 0.277 e. The Morgan fingerprint density at radius 1 is 0.388 bits per heavy atom. The van der Waals surface area contributed by atoms with Gasteiger partial charge < -0.3 is 0 Å². The van der Waals surface area contributed by atoms with Crippen molar-refractivity contribution in [2.45, 2.75) is 0 Å². The van der Waals surface area contributed by atoms with Gasteiger partial charge in [-0.2, -0.15) is 9.97 Å². The van der Waals surface area contributed by atoms with Gasteiger partial charge in [0.05, 0.1) is 23.4 Å². The van der Waals surface area contributed by atoms with Gasteiger partial charge in [0.25, 0.3) is 0 Å². The Morgan fingerprint density at radius 3 is 1.53 bits per heavy atom. The molecular weight excluding hydrogens is 597 g/mol. The molecule has 9 aromatic rings. The molecule has 2 heterocycles. The van der Waals surface area contributed by atoms with Gasteiger partial charge in [0.15, 0.2) is 11.6 Å². The molecule has 49 heavy (non-hydrogen) atoms. The van der Waals surface area contributed by atoms with Crippen molar-refractivity contribution in [2.24, 2.45) is 0 Å². The van der Waals surface area contributed by atoms with Gasteiger partial charge in [-0.1, -0.05) is 176 Å². The van der Waals surface area contributed by atoms with Crippen LogP contribution in [0.5, 0.6) is 0 Å². The van der Waals surface area contributed by atoms with Crippen LogP contribution in [0.4, 0.5) is 0 Å². The number of fused-ring (bicyclic) bond motifs is 3. The number of hydrogen-bond donors (Lipinski definition) is 0. The van der Waals surface area contributed by atoms with Crippen molar-refractivity contribution < 1.29 is 12.3 Å². The minimum Gasteiger partial charge on any atom is -0.277 e. The summed E-state index contributed by atoms with van der Waals surface area (Å²) in [4.78, 5) is 14.8. The second-order valence-electron chi connectivity index (χ2n) is 11.4. The topological polar surface area (TPSA) is 43.6 Å². The van der Waals surface area contributed by atoms with Gasteiger partial charge in [0.2, 0.25) is 5.95 Å². The molecule has 2 aromatic heterocycles. The first-order valence-corrected chi connectivity index (χ1v) is 15.7. The SMILES string of the molecule is [2H]c1c([2H])c([2H])c(-c2cccc3c4c([2H])c([2H])c([2H])c([2H])c4n(-c4nc(-c5ccccc5)nc(-c5ccc(-c6ccc(-c7ccccc7)cc6)cc5)n4)c23)c([2H])c1[2H]. The molecule has 0 radical (unpaired) electrons. The van der Waals surface area contributed by atoms with Crippen LogP contribution in [-0.4, -0.2) is 19.5 Å². The highest BCUT2D eigenvalue weighted by molar-refractivity contribution is 6.13. The van der Waals surface area contributed by atoms with Crippen LogP contribution in [-0.2, 0) is 0 Å². The zero-order valence-corrected chi connectivity index (χ0v) is 25.9. The van der Waals surface area contributed by atoms with E-state index in [-0.39, 0.29) is 57.2 Å². The molecule has 0 aliphatic carbocycles. The molecule has 9 rings (SSSR count). The zero-order chi connectivity index (χ0) is 40.4. The highest BCUT2D eigenvalue weighted by Crippen LogP contribution is 2.38. The highest BCUT2D eigenvalue weighted by atomic mass is 15.2. The summed E-state index contributed by atoms with van der Waals surface area (Å²) in [6, 6.07) is 36.4. The summed E-state index contributed by atoms with van der Waals surface area (Å²) < 4.78 is 79.8. The Labute approximate surface area is 297 Å². The summed E-state index contributed by atoms with van der Waals surface area (Å²) in [5.74, 6) is 0.581. The van der Waals surface area contributed by atoms with Gasteiger partial charge in [-0.3, -0.25) is 4.57 Å². The van der Waals surface area contributed by atoms with Crippen molar-refractivity contribution >= 4 is 21.8 Å². The van der Waals surface area contributed by atoms with E-state index in [1.165, 1.54) is 4.57 Å². The molecule has 0 fully saturated rings. The minimum absolute atomic E-state index is 0.00859. The van der Waals surface area contributed by atoms with Crippen LogP contribution in [0.3, 0.4) is 0 Å². The predicted molar refractivity (Wildman–Crippen MR) is 201 cm³/mol. The molecule has 0 saturated carbocycles. The first-order valence-electron chi connectivity index (χ1n) is 20.2. The molecule has 0 aliphatic heterocycles. The van der Waals surface area contributed by atoms with Crippen LogP contribution in [0.2, 0.25) is 0 Å². The average molecular weight is 636 g/mol. The summed E-state index contributed by atoms with van der Waals surface area (Å²) in [6.07, 6.45) is 0. The summed E-state index contributed by atoms with van der Waals surface area (Å²) in [7, 11) is 0. The number of para-hydroxylation sites is 2. The van der Waals surface area contributed by atoms with E-state index in [0.717, 1.165) is 22.3 Å². The van der Waals surface area contributed by atoms with Crippen LogP contribution < -0.4 is 0 Å². The predicted octanol–water partition coefficient (Wildman–Crippen LogP) is 11.3. The van der Waals surface area contributed by atoms with Crippen LogP contribution in [0.1, 0.15) is 12.3 Å². The van der Waals surface area contributed by atoms with Gasteiger partial charge in [0, 0.05) is 27.5 Å². The van der Waals surface area contributed by atoms with Crippen molar-refractivity contribution in [3.63, 3.8) is 0 Å². The Hall–Kier alpha value is -6.65. The number of benzene rings is 7. The number of aromatic nitrogens is 4. The molecule has 0 atom stereocenters. The van der Waals surface area contributed by atoms with Crippen LogP contribution >= 0.6 is 0 Å². The monoisotopic (exact) mass is 635 g/mol. The van der Waals surface area contributed by atoms with E-state index in [1.54, 1.807) is 18.2 Å². The summed E-state index contributed by atoms with van der Waals surface area (Å²) in [6.45, 7) is 0. The molecule has 0 bridgehead atoms. The molecule has 0 spiro atoms. The Morgan fingerprint density at radius 2 is 0.898 bits per heavy atom. The first kappa shape index (κ1) is 20.6. The Kier molecular flexibility index (Phi) is 5.11. The maximum atomic E-state index is 9.17. The van der Waals surface area contributed by atoms with Crippen molar-refractivity contribution in [1.29, 1.82) is 0 Å². The third-order valence-electron chi connectivity index (χ3n) is 8.51. The van der Waals surface area contributed by atoms with E-state index in [9.17, 15) is 0 Å². The molecule has 4 nitrogen and oxygen atoms in total. The lowest BCUT2D eigenvalue weighted by Crippen LogP contribution is -2.07. The maximum absolute atomic E-state index is 9.17. The molecule has 0 aliphatic rings. The average Bonchev–Trinajstić information content (AvgIpc) is 3.63. The van der Waals surface area contributed by atoms with E-state index < -0.39 is 42.3 Å². The molecule has 4 heteroatoms. The van der Waals surface area contributed by atoms with E-state index in [1.807, 2.05) is 72.8 Å². The Balaban J connectivity index is 1.30. The quantitative estimate of drug-likeness (QED) is 0.183. The van der Waals surface area contributed by atoms with Gasteiger partial charge in [0.1, 0.15) is 0 Å². The number of nitrogens with zero attached hydrogens (tertiary/aromatic N) is 4. The zero-order valence-electron chi connectivity index (χ0n) is 34.9. The van der Waals surface area contributed by atoms with E-state index in [4.69, 9.17) is 27.3 Å². The standard InChI is InChI=1S/C45H30N4/c1-4-13-31(14-5-1)32-23-25-33(26-24-32)34-27-29-37(30-28-34)44-46-43(36-17-8-3-9-18-36)47-45(48-44)49-41-22-11-10-19-39(41)40-21-12-20-38(42(40)49)35-15-6-2-7-16-35/h1-30H/i2D,6D,7D,10D,11D,15D,16D,19D,22D. The fourth-order valence-corrected chi connectivity index (χ4v) is 6.16. The third-order valence-corrected chi connectivity index (χ3v) is 8.51. The fraction of sp³-hybridized carbons (Fsp3) is 0. The van der Waals surface area contributed by atoms with Gasteiger partial charge in [-0.25, -0.2) is 4.98 Å². The van der Waals surface area contributed by atoms with E-state index >= 15 is 0 Å². The summed E-state index contributed by atoms with van der Waals surface area (Å²) in [5.41, 5.74) is 5.96. The molecule has 0 amide bonds. The van der Waals surface area contributed by atoms with Crippen molar-refractivity contribution in [1.82, 2.24) is 19.5 Å². The van der Waals surface area contributed by atoms with Crippen molar-refractivity contribution in [2.75, 3.05) is 0 Å². The number of hydrogen-bond acceptors (Lipinski definition) is 3. The van der Waals surface area contributed by atoms with Crippen LogP contribution in [0.15, 0.2) is 182 Å². The summed E-state index contributed by atoms with van der Waals surface area (Å²) >= 11 is 0. The lowest BCUT2D eigenvalue weighted by molar-refractivity contribution is 0.954. The fourth-order valence-electron chi connectivity index (χ4n) is 6.16. The van der Waals surface area contributed by atoms with E-state index in [0.29, 0.717) is 16.5 Å². The van der Waals surface area contributed by atoms with Gasteiger partial charge in [-0.05, 0) is 33.9 Å². The summed E-state index contributed by atoms with van der Waals surface area (Å²) in [5, 5.41) is 0.526. The number of rotatable bonds is 6. The second kappa shape index (κ2) is 12.2. The second-order valence-corrected chi connectivity index (χ2v) is 11.4. The molecule has 0 unspecified atom stereocenters. The third kappa shape index (κ3) is 5.26. The smallest absolute Gasteiger partial charge is 0.238 e. The minimum atomic E-state index is -0.545. The lowest BCUT2D eigenvalue weighted by atomic mass is 9.99. The molecular formula is C45H30N4. The van der Waals surface area contributed by atoms with Crippen LogP contribution in [0.25, 0.3) is 83.9 Å². The van der Waals surface area contributed by atoms with Gasteiger partial charge in [-0.15, -0.1) is 0 Å². The van der Waals surface area contributed by atoms with E-state index in [2.05, 4.69) is 36.4 Å². The maximum Gasteiger partial charge on any atom is 0.238 e. The first-order chi connectivity index (χ1) is 28.0. The van der Waals surface area contributed by atoms with Crippen molar-refractivity contribution in [3.05, 3.63) is 182 Å². The molecule has 7 aromatic carbocycles. The highest BCUT2D eigenvalue weighted by Gasteiger charge is 2.20. The van der Waals surface area contributed by atoms with Gasteiger partial charge >= 0.3 is 0 Å². The molecule has 0 saturated heterocycles. The van der Waals surface area contributed by atoms with Crippen molar-refractivity contribution in [3.8, 4) is 62.1 Å². The van der Waals surface area contributed by atoms with Crippen LogP contribution in [0, 0.1) is 0 Å². The molecule has 230 valence electrons. The molecule has 0 N–H and O–H groups in total.